The highest BCUT2D eigenvalue weighted by Gasteiger charge is 2.68. The minimum absolute atomic E-state index is 0.0155. The standard InChI is InChI=1S/C15H25NO5/c1-6-20-12(17)10-7-15(9-19-5)8-11(15)16(10)13(18)21-14(2,3)4/h10-11H,6-9H2,1-5H3/t10-,11?,15?/m0/s1. The molecule has 0 spiro atoms. The number of ether oxygens (including phenoxy) is 3. The molecule has 1 amide bonds. The topological polar surface area (TPSA) is 65.1 Å². The van der Waals surface area contributed by atoms with Crippen molar-refractivity contribution in [3.63, 3.8) is 0 Å². The maximum Gasteiger partial charge on any atom is 0.411 e. The molecule has 21 heavy (non-hydrogen) atoms. The summed E-state index contributed by atoms with van der Waals surface area (Å²) < 4.78 is 15.8. The second-order valence-electron chi connectivity index (χ2n) is 6.87. The zero-order chi connectivity index (χ0) is 15.8. The van der Waals surface area contributed by atoms with Gasteiger partial charge in [-0.05, 0) is 40.5 Å². The SMILES string of the molecule is CCOC(=O)[C@@H]1CC2(COC)CC2N1C(=O)OC(C)(C)C. The molecule has 1 aliphatic carbocycles. The van der Waals surface area contributed by atoms with E-state index in [4.69, 9.17) is 14.2 Å². The highest BCUT2D eigenvalue weighted by Crippen LogP contribution is 2.60. The van der Waals surface area contributed by atoms with Crippen molar-refractivity contribution in [2.75, 3.05) is 20.3 Å². The second kappa shape index (κ2) is 5.48. The average Bonchev–Trinajstić information content (AvgIpc) is 2.92. The van der Waals surface area contributed by atoms with Crippen molar-refractivity contribution in [2.24, 2.45) is 5.41 Å². The molecule has 0 bridgehead atoms. The Balaban J connectivity index is 2.15. The number of methoxy groups -OCH3 is 1. The fourth-order valence-corrected chi connectivity index (χ4v) is 3.15. The molecule has 0 N–H and O–H groups in total. The Bertz CT molecular complexity index is 430. The number of carbonyl (C=O) groups excluding carboxylic acids is 2. The number of hydrogen-bond donors (Lipinski definition) is 0. The van der Waals surface area contributed by atoms with Crippen LogP contribution in [-0.4, -0.2) is 55.0 Å². The number of likely N-dealkylation sites (tertiary alicyclic amines) is 1. The Kier molecular flexibility index (Phi) is 4.19. The normalized spacial score (nSPS) is 30.8. The Morgan fingerprint density at radius 3 is 2.48 bits per heavy atom. The molecule has 6 nitrogen and oxygen atoms in total. The van der Waals surface area contributed by atoms with Gasteiger partial charge in [0.05, 0.1) is 13.2 Å². The van der Waals surface area contributed by atoms with Crippen LogP contribution in [0.2, 0.25) is 0 Å². The molecule has 1 aliphatic heterocycles. The van der Waals surface area contributed by atoms with Crippen LogP contribution in [0, 0.1) is 5.41 Å². The van der Waals surface area contributed by atoms with E-state index in [1.165, 1.54) is 0 Å². The number of amides is 1. The van der Waals surface area contributed by atoms with Crippen LogP contribution < -0.4 is 0 Å². The number of fused-ring (bicyclic) bond motifs is 1. The van der Waals surface area contributed by atoms with Gasteiger partial charge >= 0.3 is 12.1 Å². The van der Waals surface area contributed by atoms with Crippen LogP contribution in [0.5, 0.6) is 0 Å². The summed E-state index contributed by atoms with van der Waals surface area (Å²) in [6.07, 6.45) is 1.00. The quantitative estimate of drug-likeness (QED) is 0.743. The van der Waals surface area contributed by atoms with Crippen molar-refractivity contribution in [1.82, 2.24) is 4.90 Å². The summed E-state index contributed by atoms with van der Waals surface area (Å²) >= 11 is 0. The van der Waals surface area contributed by atoms with Crippen molar-refractivity contribution >= 4 is 12.1 Å². The van der Waals surface area contributed by atoms with Gasteiger partial charge in [-0.1, -0.05) is 0 Å². The Morgan fingerprint density at radius 2 is 1.95 bits per heavy atom. The third kappa shape index (κ3) is 3.15. The van der Waals surface area contributed by atoms with Crippen molar-refractivity contribution in [2.45, 2.75) is 58.2 Å². The zero-order valence-corrected chi connectivity index (χ0v) is 13.5. The summed E-state index contributed by atoms with van der Waals surface area (Å²) in [7, 11) is 1.64. The third-order valence-corrected chi connectivity index (χ3v) is 4.01. The minimum atomic E-state index is -0.586. The lowest BCUT2D eigenvalue weighted by atomic mass is 10.0. The summed E-state index contributed by atoms with van der Waals surface area (Å²) in [6, 6.07) is -0.546. The number of nitrogens with zero attached hydrogens (tertiary/aromatic N) is 1. The smallest absolute Gasteiger partial charge is 0.411 e. The summed E-state index contributed by atoms with van der Waals surface area (Å²) in [6.45, 7) is 8.06. The fraction of sp³-hybridized carbons (Fsp3) is 0.867. The van der Waals surface area contributed by atoms with Gasteiger partial charge in [0.15, 0.2) is 0 Å². The molecular weight excluding hydrogens is 274 g/mol. The first-order valence-electron chi connectivity index (χ1n) is 7.41. The monoisotopic (exact) mass is 299 g/mol. The molecule has 6 heteroatoms. The summed E-state index contributed by atoms with van der Waals surface area (Å²) in [5.41, 5.74) is -0.694. The fourth-order valence-electron chi connectivity index (χ4n) is 3.15. The van der Waals surface area contributed by atoms with E-state index in [1.807, 2.05) is 20.8 Å². The molecule has 0 aromatic rings. The van der Waals surface area contributed by atoms with Crippen LogP contribution in [-0.2, 0) is 19.0 Å². The molecule has 2 unspecified atom stereocenters. The van der Waals surface area contributed by atoms with E-state index in [1.54, 1.807) is 18.9 Å². The van der Waals surface area contributed by atoms with Crippen LogP contribution in [0.4, 0.5) is 4.79 Å². The minimum Gasteiger partial charge on any atom is -0.464 e. The van der Waals surface area contributed by atoms with E-state index in [2.05, 4.69) is 0 Å². The molecule has 1 heterocycles. The molecule has 0 aromatic heterocycles. The largest absolute Gasteiger partial charge is 0.464 e. The number of hydrogen-bond acceptors (Lipinski definition) is 5. The lowest BCUT2D eigenvalue weighted by Crippen LogP contribution is -2.46. The van der Waals surface area contributed by atoms with Crippen LogP contribution in [0.3, 0.4) is 0 Å². The third-order valence-electron chi connectivity index (χ3n) is 4.01. The predicted octanol–water partition coefficient (Wildman–Crippen LogP) is 1.96. The van der Waals surface area contributed by atoms with Crippen molar-refractivity contribution in [1.29, 1.82) is 0 Å². The van der Waals surface area contributed by atoms with Gasteiger partial charge in [0.25, 0.3) is 0 Å². The molecule has 1 saturated carbocycles. The maximum absolute atomic E-state index is 12.4. The van der Waals surface area contributed by atoms with Gasteiger partial charge in [-0.2, -0.15) is 0 Å². The maximum atomic E-state index is 12.4. The first kappa shape index (κ1) is 16.1. The molecule has 2 fully saturated rings. The highest BCUT2D eigenvalue weighted by molar-refractivity contribution is 5.83. The number of piperidine rings is 1. The summed E-state index contributed by atoms with van der Waals surface area (Å²) in [4.78, 5) is 26.1. The molecule has 2 rings (SSSR count). The van der Waals surface area contributed by atoms with Crippen LogP contribution in [0.15, 0.2) is 0 Å². The lowest BCUT2D eigenvalue weighted by molar-refractivity contribution is -0.149. The molecule has 2 aliphatic rings. The van der Waals surface area contributed by atoms with Gasteiger partial charge in [0, 0.05) is 18.6 Å². The van der Waals surface area contributed by atoms with Gasteiger partial charge in [-0.3, -0.25) is 4.90 Å². The number of carbonyl (C=O) groups is 2. The molecule has 120 valence electrons. The summed E-state index contributed by atoms with van der Waals surface area (Å²) in [5, 5.41) is 0. The Morgan fingerprint density at radius 1 is 1.29 bits per heavy atom. The van der Waals surface area contributed by atoms with E-state index in [0.29, 0.717) is 19.6 Å². The van der Waals surface area contributed by atoms with E-state index in [0.717, 1.165) is 6.42 Å². The second-order valence-corrected chi connectivity index (χ2v) is 6.87. The molecule has 1 saturated heterocycles. The zero-order valence-electron chi connectivity index (χ0n) is 13.5. The van der Waals surface area contributed by atoms with Gasteiger partial charge in [-0.25, -0.2) is 9.59 Å². The van der Waals surface area contributed by atoms with Crippen molar-refractivity contribution in [3.05, 3.63) is 0 Å². The Hall–Kier alpha value is -1.30. The van der Waals surface area contributed by atoms with E-state index >= 15 is 0 Å². The predicted molar refractivity (Wildman–Crippen MR) is 75.8 cm³/mol. The van der Waals surface area contributed by atoms with Crippen molar-refractivity contribution in [3.8, 4) is 0 Å². The first-order chi connectivity index (χ1) is 9.74. The molecule has 3 atom stereocenters. The lowest BCUT2D eigenvalue weighted by Gasteiger charge is -2.29. The van der Waals surface area contributed by atoms with Crippen LogP contribution in [0.25, 0.3) is 0 Å². The van der Waals surface area contributed by atoms with E-state index in [9.17, 15) is 9.59 Å². The molecular formula is C15H25NO5. The van der Waals surface area contributed by atoms with Gasteiger partial charge in [0.1, 0.15) is 11.6 Å². The molecule has 0 radical (unpaired) electrons. The first-order valence-corrected chi connectivity index (χ1v) is 7.41. The number of rotatable bonds is 4. The molecule has 0 aromatic carbocycles. The van der Waals surface area contributed by atoms with Gasteiger partial charge in [0.2, 0.25) is 0 Å². The van der Waals surface area contributed by atoms with Crippen LogP contribution >= 0.6 is 0 Å². The average molecular weight is 299 g/mol. The Labute approximate surface area is 125 Å². The van der Waals surface area contributed by atoms with Crippen molar-refractivity contribution < 1.29 is 23.8 Å². The number of esters is 1. The van der Waals surface area contributed by atoms with Gasteiger partial charge < -0.3 is 14.2 Å². The van der Waals surface area contributed by atoms with Crippen LogP contribution in [0.1, 0.15) is 40.5 Å². The van der Waals surface area contributed by atoms with E-state index in [-0.39, 0.29) is 17.4 Å². The summed E-state index contributed by atoms with van der Waals surface area (Å²) in [5.74, 6) is -0.356. The van der Waals surface area contributed by atoms with E-state index < -0.39 is 17.7 Å². The highest BCUT2D eigenvalue weighted by atomic mass is 16.6. The van der Waals surface area contributed by atoms with Gasteiger partial charge in [-0.15, -0.1) is 0 Å².